The molecule has 0 unspecified atom stereocenters. The summed E-state index contributed by atoms with van der Waals surface area (Å²) in [6.07, 6.45) is 3.96. The van der Waals surface area contributed by atoms with Crippen LogP contribution in [0.1, 0.15) is 11.1 Å². The summed E-state index contributed by atoms with van der Waals surface area (Å²) in [6.45, 7) is 8.58. The van der Waals surface area contributed by atoms with E-state index in [4.69, 9.17) is 4.74 Å². The van der Waals surface area contributed by atoms with Gasteiger partial charge in [-0.1, -0.05) is 141 Å². The van der Waals surface area contributed by atoms with Crippen LogP contribution in [0.4, 0.5) is 0 Å². The molecular weight excluding hydrogens is 520 g/mol. The molecule has 1 heteroatoms. The normalized spacial score (nSPS) is 11.6. The van der Waals surface area contributed by atoms with E-state index in [1.54, 1.807) is 0 Å². The molecule has 0 saturated carbocycles. The maximum atomic E-state index is 6.41. The van der Waals surface area contributed by atoms with Crippen LogP contribution in [0.25, 0.3) is 78.2 Å². The van der Waals surface area contributed by atoms with Crippen LogP contribution in [0.3, 0.4) is 0 Å². The molecule has 1 heterocycles. The third kappa shape index (κ3) is 3.94. The molecule has 0 radical (unpaired) electrons. The molecule has 1 nitrogen and oxygen atoms in total. The van der Waals surface area contributed by atoms with Crippen molar-refractivity contribution in [2.24, 2.45) is 0 Å². The Labute approximate surface area is 251 Å². The van der Waals surface area contributed by atoms with Gasteiger partial charge in [0.15, 0.2) is 0 Å². The second kappa shape index (κ2) is 10.0. The van der Waals surface area contributed by atoms with Crippen molar-refractivity contribution >= 4 is 33.7 Å². The van der Waals surface area contributed by atoms with Crippen molar-refractivity contribution in [3.05, 3.63) is 158 Å². The van der Waals surface area contributed by atoms with Crippen molar-refractivity contribution in [3.63, 3.8) is 0 Å². The number of fused-ring (bicyclic) bond motifs is 3. The van der Waals surface area contributed by atoms with Crippen molar-refractivity contribution in [3.8, 4) is 56.0 Å². The van der Waals surface area contributed by atoms with E-state index >= 15 is 0 Å². The van der Waals surface area contributed by atoms with Crippen LogP contribution in [0.2, 0.25) is 0 Å². The first-order chi connectivity index (χ1) is 21.2. The molecule has 0 spiro atoms. The summed E-state index contributed by atoms with van der Waals surface area (Å²) in [5, 5.41) is 4.71. The Morgan fingerprint density at radius 1 is 0.442 bits per heavy atom. The average Bonchev–Trinajstić information content (AvgIpc) is 3.08. The Balaban J connectivity index is 1.36. The largest absolute Gasteiger partial charge is 0.456 e. The van der Waals surface area contributed by atoms with Gasteiger partial charge in [-0.3, -0.25) is 0 Å². The lowest BCUT2D eigenvalue weighted by Crippen LogP contribution is -1.99. The molecule has 8 rings (SSSR count). The van der Waals surface area contributed by atoms with Crippen LogP contribution in [-0.4, -0.2) is 0 Å². The van der Waals surface area contributed by atoms with Crippen molar-refractivity contribution in [2.45, 2.75) is 0 Å². The van der Waals surface area contributed by atoms with Crippen LogP contribution >= 0.6 is 0 Å². The summed E-state index contributed by atoms with van der Waals surface area (Å²) in [7, 11) is 0. The molecule has 0 aromatic heterocycles. The fourth-order valence-electron chi connectivity index (χ4n) is 6.70. The first-order valence-corrected chi connectivity index (χ1v) is 14.6. The summed E-state index contributed by atoms with van der Waals surface area (Å²) in [5.41, 5.74) is 11.5. The van der Waals surface area contributed by atoms with E-state index in [1.807, 2.05) is 24.3 Å². The number of ether oxygens (including phenoxy) is 1. The smallest absolute Gasteiger partial charge is 0.135 e. The van der Waals surface area contributed by atoms with E-state index in [0.717, 1.165) is 50.3 Å². The van der Waals surface area contributed by atoms with Gasteiger partial charge in [0.1, 0.15) is 11.5 Å². The predicted octanol–water partition coefficient (Wildman–Crippen LogP) is 12.1. The van der Waals surface area contributed by atoms with E-state index < -0.39 is 0 Å². The quantitative estimate of drug-likeness (QED) is 0.208. The monoisotopic (exact) mass is 548 g/mol. The summed E-state index contributed by atoms with van der Waals surface area (Å²) >= 11 is 0. The molecular formula is C42H28O. The minimum absolute atomic E-state index is 0.874. The first-order valence-electron chi connectivity index (χ1n) is 14.6. The Bertz CT molecular complexity index is 2210. The second-order valence-electron chi connectivity index (χ2n) is 10.9. The van der Waals surface area contributed by atoms with Gasteiger partial charge in [-0.15, -0.1) is 0 Å². The molecule has 0 atom stereocenters. The van der Waals surface area contributed by atoms with E-state index in [1.165, 1.54) is 38.4 Å². The van der Waals surface area contributed by atoms with Gasteiger partial charge < -0.3 is 4.74 Å². The van der Waals surface area contributed by atoms with Crippen LogP contribution in [0.5, 0.6) is 11.5 Å². The molecule has 0 fully saturated rings. The molecule has 0 amide bonds. The van der Waals surface area contributed by atoms with Gasteiger partial charge in [0.05, 0.1) is 0 Å². The first kappa shape index (κ1) is 25.1. The lowest BCUT2D eigenvalue weighted by molar-refractivity contribution is 0.487. The average molecular weight is 549 g/mol. The molecule has 0 N–H and O–H groups in total. The number of hydrogen-bond donors (Lipinski definition) is 0. The van der Waals surface area contributed by atoms with Gasteiger partial charge in [-0.05, 0) is 84.4 Å². The van der Waals surface area contributed by atoms with Crippen molar-refractivity contribution in [1.29, 1.82) is 0 Å². The summed E-state index contributed by atoms with van der Waals surface area (Å²) in [4.78, 5) is 0. The van der Waals surface area contributed by atoms with Crippen molar-refractivity contribution in [1.82, 2.24) is 0 Å². The topological polar surface area (TPSA) is 9.23 Å². The Morgan fingerprint density at radius 2 is 1.02 bits per heavy atom. The van der Waals surface area contributed by atoms with Crippen LogP contribution in [0.15, 0.2) is 147 Å². The zero-order chi connectivity index (χ0) is 28.9. The fraction of sp³-hybridized carbons (Fsp3) is 0. The van der Waals surface area contributed by atoms with Gasteiger partial charge in [-0.2, -0.15) is 0 Å². The minimum atomic E-state index is 0.874. The highest BCUT2D eigenvalue weighted by atomic mass is 16.5. The van der Waals surface area contributed by atoms with E-state index in [-0.39, 0.29) is 0 Å². The molecule has 0 aliphatic carbocycles. The summed E-state index contributed by atoms with van der Waals surface area (Å²) in [6, 6.07) is 47.3. The lowest BCUT2D eigenvalue weighted by Gasteiger charge is -2.24. The number of hydrogen-bond acceptors (Lipinski definition) is 1. The molecule has 202 valence electrons. The van der Waals surface area contributed by atoms with Crippen molar-refractivity contribution in [2.75, 3.05) is 0 Å². The maximum absolute atomic E-state index is 6.41. The zero-order valence-corrected chi connectivity index (χ0v) is 23.7. The van der Waals surface area contributed by atoms with E-state index in [9.17, 15) is 0 Å². The number of rotatable bonds is 5. The lowest BCUT2D eigenvalue weighted by atomic mass is 9.82. The van der Waals surface area contributed by atoms with E-state index in [2.05, 4.69) is 134 Å². The number of benzene rings is 7. The molecule has 0 saturated heterocycles. The standard InChI is InChI=1S/C42H28O/c1-3-32-33(4-2)41(31-24-25-38-37(26-31)36-18-10-14-29-15-11-19-39(43-38)42(29)36)35-17-9-8-16-34(35)40(32)30-22-20-28(21-23-30)27-12-6-5-7-13-27/h3-26H,1-2H2. The van der Waals surface area contributed by atoms with Gasteiger partial charge in [0, 0.05) is 10.9 Å². The molecule has 7 aromatic carbocycles. The van der Waals surface area contributed by atoms with Gasteiger partial charge in [0.2, 0.25) is 0 Å². The molecule has 1 aliphatic rings. The van der Waals surface area contributed by atoms with E-state index in [0.29, 0.717) is 0 Å². The van der Waals surface area contributed by atoms with Gasteiger partial charge >= 0.3 is 0 Å². The highest BCUT2D eigenvalue weighted by Gasteiger charge is 2.23. The SMILES string of the molecule is C=Cc1c(C=C)c(-c2ccc3c(c2)-c2cccc4cccc(c24)O3)c2ccccc2c1-c1ccc(-c2ccccc2)cc1. The van der Waals surface area contributed by atoms with Gasteiger partial charge in [0.25, 0.3) is 0 Å². The Morgan fingerprint density at radius 3 is 1.72 bits per heavy atom. The summed E-state index contributed by atoms with van der Waals surface area (Å²) < 4.78 is 6.41. The van der Waals surface area contributed by atoms with Crippen LogP contribution in [0, 0.1) is 0 Å². The molecule has 0 bridgehead atoms. The third-order valence-corrected chi connectivity index (χ3v) is 8.63. The summed E-state index contributed by atoms with van der Waals surface area (Å²) in [5.74, 6) is 1.78. The van der Waals surface area contributed by atoms with Crippen LogP contribution in [-0.2, 0) is 0 Å². The molecule has 43 heavy (non-hydrogen) atoms. The van der Waals surface area contributed by atoms with Crippen molar-refractivity contribution < 1.29 is 4.74 Å². The fourth-order valence-corrected chi connectivity index (χ4v) is 6.70. The highest BCUT2D eigenvalue weighted by Crippen LogP contribution is 2.49. The highest BCUT2D eigenvalue weighted by molar-refractivity contribution is 6.12. The molecule has 1 aliphatic heterocycles. The predicted molar refractivity (Wildman–Crippen MR) is 183 cm³/mol. The minimum Gasteiger partial charge on any atom is -0.456 e. The Hall–Kier alpha value is -5.66. The van der Waals surface area contributed by atoms with Gasteiger partial charge in [-0.25, -0.2) is 0 Å². The van der Waals surface area contributed by atoms with Crippen LogP contribution < -0.4 is 4.74 Å². The molecule has 7 aromatic rings. The third-order valence-electron chi connectivity index (χ3n) is 8.63. The second-order valence-corrected chi connectivity index (χ2v) is 10.9. The maximum Gasteiger partial charge on any atom is 0.135 e. The zero-order valence-electron chi connectivity index (χ0n) is 23.7. The Kier molecular flexibility index (Phi) is 5.84.